The molecule has 1 saturated heterocycles. The maximum absolute atomic E-state index is 5.73. The summed E-state index contributed by atoms with van der Waals surface area (Å²) in [5, 5.41) is 0. The summed E-state index contributed by atoms with van der Waals surface area (Å²) in [4.78, 5) is 0. The van der Waals surface area contributed by atoms with Crippen LogP contribution in [0.25, 0.3) is 11.1 Å². The summed E-state index contributed by atoms with van der Waals surface area (Å²) >= 11 is 0. The summed E-state index contributed by atoms with van der Waals surface area (Å²) in [6.45, 7) is 15.5. The van der Waals surface area contributed by atoms with E-state index in [1.807, 2.05) is 12.1 Å². The molecule has 0 N–H and O–H groups in total. The van der Waals surface area contributed by atoms with Gasteiger partial charge in [-0.15, -0.1) is 0 Å². The van der Waals surface area contributed by atoms with Gasteiger partial charge in [-0.05, 0) is 52.0 Å². The molecule has 2 aromatic rings. The highest BCUT2D eigenvalue weighted by Gasteiger charge is 2.30. The van der Waals surface area contributed by atoms with Crippen molar-refractivity contribution < 1.29 is 9.47 Å². The van der Waals surface area contributed by atoms with Crippen LogP contribution in [0, 0.1) is 10.8 Å². The van der Waals surface area contributed by atoms with Crippen LogP contribution in [0.5, 0.6) is 5.75 Å². The molecular formula is C25H34O2. The molecule has 0 bridgehead atoms. The summed E-state index contributed by atoms with van der Waals surface area (Å²) < 4.78 is 10.9. The SMILES string of the molecule is CC(C)(C)CC(c1ccc(-c2ccc(OCC3CO3)cc2)cc1)C(C)(C)C. The largest absolute Gasteiger partial charge is 0.491 e. The van der Waals surface area contributed by atoms with Crippen LogP contribution in [-0.4, -0.2) is 19.3 Å². The van der Waals surface area contributed by atoms with Crippen molar-refractivity contribution in [2.45, 2.75) is 60.0 Å². The lowest BCUT2D eigenvalue weighted by molar-refractivity contribution is 0.229. The van der Waals surface area contributed by atoms with Gasteiger partial charge in [-0.2, -0.15) is 0 Å². The first-order valence-electron chi connectivity index (χ1n) is 10.1. The van der Waals surface area contributed by atoms with Crippen LogP contribution in [-0.2, 0) is 4.74 Å². The third kappa shape index (κ3) is 5.84. The molecule has 2 unspecified atom stereocenters. The first kappa shape index (κ1) is 19.9. The molecule has 1 aliphatic rings. The van der Waals surface area contributed by atoms with Gasteiger partial charge >= 0.3 is 0 Å². The Morgan fingerprint density at radius 1 is 0.889 bits per heavy atom. The van der Waals surface area contributed by atoms with E-state index in [0.717, 1.165) is 12.4 Å². The highest BCUT2D eigenvalue weighted by Crippen LogP contribution is 2.43. The summed E-state index contributed by atoms with van der Waals surface area (Å²) in [6, 6.07) is 17.5. The Morgan fingerprint density at radius 2 is 1.41 bits per heavy atom. The van der Waals surface area contributed by atoms with E-state index < -0.39 is 0 Å². The van der Waals surface area contributed by atoms with Crippen LogP contribution in [0.2, 0.25) is 0 Å². The second-order valence-electron chi connectivity index (χ2n) is 10.1. The van der Waals surface area contributed by atoms with E-state index in [9.17, 15) is 0 Å². The first-order chi connectivity index (χ1) is 12.6. The predicted octanol–water partition coefficient (Wildman–Crippen LogP) is 6.70. The molecule has 1 heterocycles. The van der Waals surface area contributed by atoms with Crippen LogP contribution in [0.1, 0.15) is 59.4 Å². The van der Waals surface area contributed by atoms with Crippen molar-refractivity contribution in [1.82, 2.24) is 0 Å². The highest BCUT2D eigenvalue weighted by atomic mass is 16.6. The second kappa shape index (κ2) is 7.67. The molecule has 2 nitrogen and oxygen atoms in total. The Kier molecular flexibility index (Phi) is 5.67. The van der Waals surface area contributed by atoms with Gasteiger partial charge in [0.25, 0.3) is 0 Å². The van der Waals surface area contributed by atoms with Gasteiger partial charge in [-0.1, -0.05) is 77.9 Å². The molecule has 2 heteroatoms. The molecule has 3 rings (SSSR count). The molecular weight excluding hydrogens is 332 g/mol. The van der Waals surface area contributed by atoms with Crippen molar-refractivity contribution in [1.29, 1.82) is 0 Å². The van der Waals surface area contributed by atoms with E-state index in [1.165, 1.54) is 23.1 Å². The Bertz CT molecular complexity index is 726. The van der Waals surface area contributed by atoms with Gasteiger partial charge < -0.3 is 9.47 Å². The zero-order valence-electron chi connectivity index (χ0n) is 17.7. The van der Waals surface area contributed by atoms with Gasteiger partial charge in [0, 0.05) is 0 Å². The average molecular weight is 367 g/mol. The van der Waals surface area contributed by atoms with E-state index in [0.29, 0.717) is 24.0 Å². The normalized spacial score (nSPS) is 18.2. The highest BCUT2D eigenvalue weighted by molar-refractivity contribution is 5.64. The Balaban J connectivity index is 1.73. The molecule has 2 aromatic carbocycles. The summed E-state index contributed by atoms with van der Waals surface area (Å²) in [5.41, 5.74) is 4.47. The molecule has 146 valence electrons. The summed E-state index contributed by atoms with van der Waals surface area (Å²) in [7, 11) is 0. The Hall–Kier alpha value is -1.80. The molecule has 0 radical (unpaired) electrons. The number of ether oxygens (including phenoxy) is 2. The van der Waals surface area contributed by atoms with Crippen LogP contribution >= 0.6 is 0 Å². The van der Waals surface area contributed by atoms with Crippen molar-refractivity contribution in [3.05, 3.63) is 54.1 Å². The smallest absolute Gasteiger partial charge is 0.119 e. The van der Waals surface area contributed by atoms with E-state index in [1.54, 1.807) is 0 Å². The maximum Gasteiger partial charge on any atom is 0.119 e. The minimum absolute atomic E-state index is 0.249. The molecule has 27 heavy (non-hydrogen) atoms. The predicted molar refractivity (Wildman–Crippen MR) is 113 cm³/mol. The lowest BCUT2D eigenvalue weighted by Crippen LogP contribution is -2.23. The van der Waals surface area contributed by atoms with Crippen molar-refractivity contribution in [3.63, 3.8) is 0 Å². The number of benzene rings is 2. The van der Waals surface area contributed by atoms with Gasteiger partial charge in [0.1, 0.15) is 18.5 Å². The maximum atomic E-state index is 5.73. The van der Waals surface area contributed by atoms with E-state index in [2.05, 4.69) is 77.9 Å². The zero-order valence-corrected chi connectivity index (χ0v) is 17.7. The fraction of sp³-hybridized carbons (Fsp3) is 0.520. The lowest BCUT2D eigenvalue weighted by atomic mass is 9.69. The van der Waals surface area contributed by atoms with Crippen LogP contribution in [0.3, 0.4) is 0 Å². The minimum atomic E-state index is 0.249. The van der Waals surface area contributed by atoms with Crippen molar-refractivity contribution in [2.24, 2.45) is 10.8 Å². The number of rotatable bonds is 6. The molecule has 0 saturated carbocycles. The van der Waals surface area contributed by atoms with Crippen molar-refractivity contribution >= 4 is 0 Å². The second-order valence-corrected chi connectivity index (χ2v) is 10.1. The molecule has 0 spiro atoms. The Morgan fingerprint density at radius 3 is 1.85 bits per heavy atom. The van der Waals surface area contributed by atoms with Gasteiger partial charge in [0.05, 0.1) is 6.61 Å². The minimum Gasteiger partial charge on any atom is -0.491 e. The topological polar surface area (TPSA) is 21.8 Å². The van der Waals surface area contributed by atoms with Gasteiger partial charge in [0.15, 0.2) is 0 Å². The van der Waals surface area contributed by atoms with E-state index in [4.69, 9.17) is 9.47 Å². The quantitative estimate of drug-likeness (QED) is 0.531. The van der Waals surface area contributed by atoms with Gasteiger partial charge in [0.2, 0.25) is 0 Å². The van der Waals surface area contributed by atoms with Gasteiger partial charge in [-0.3, -0.25) is 0 Å². The lowest BCUT2D eigenvalue weighted by Gasteiger charge is -2.36. The summed E-state index contributed by atoms with van der Waals surface area (Å²) in [5.74, 6) is 1.45. The summed E-state index contributed by atoms with van der Waals surface area (Å²) in [6.07, 6.45) is 1.48. The first-order valence-corrected chi connectivity index (χ1v) is 10.1. The molecule has 0 aromatic heterocycles. The van der Waals surface area contributed by atoms with Crippen molar-refractivity contribution in [2.75, 3.05) is 13.2 Å². The number of epoxide rings is 1. The molecule has 1 fully saturated rings. The Labute approximate surface area is 164 Å². The van der Waals surface area contributed by atoms with Crippen molar-refractivity contribution in [3.8, 4) is 16.9 Å². The van der Waals surface area contributed by atoms with E-state index in [-0.39, 0.29) is 5.41 Å². The third-order valence-corrected chi connectivity index (χ3v) is 5.20. The number of hydrogen-bond donors (Lipinski definition) is 0. The standard InChI is InChI=1S/C25H34O2/c1-24(2,3)15-23(25(4,5)6)20-9-7-18(8-10-20)19-11-13-21(14-12-19)26-16-22-17-27-22/h7-14,22-23H,15-17H2,1-6H3. The van der Waals surface area contributed by atoms with Crippen LogP contribution in [0.15, 0.2) is 48.5 Å². The third-order valence-electron chi connectivity index (χ3n) is 5.20. The molecule has 1 aliphatic heterocycles. The van der Waals surface area contributed by atoms with E-state index >= 15 is 0 Å². The molecule has 0 amide bonds. The fourth-order valence-electron chi connectivity index (χ4n) is 3.54. The van der Waals surface area contributed by atoms with Gasteiger partial charge in [-0.25, -0.2) is 0 Å². The molecule has 2 atom stereocenters. The zero-order chi connectivity index (χ0) is 19.7. The average Bonchev–Trinajstić information content (AvgIpc) is 3.41. The fourth-order valence-corrected chi connectivity index (χ4v) is 3.54. The van der Waals surface area contributed by atoms with Crippen LogP contribution in [0.4, 0.5) is 0 Å². The van der Waals surface area contributed by atoms with Crippen LogP contribution < -0.4 is 4.74 Å². The molecule has 0 aliphatic carbocycles. The monoisotopic (exact) mass is 366 g/mol. The number of hydrogen-bond acceptors (Lipinski definition) is 2.